The maximum absolute atomic E-state index is 13.3. The summed E-state index contributed by atoms with van der Waals surface area (Å²) < 4.78 is 26.5. The van der Waals surface area contributed by atoms with Gasteiger partial charge >= 0.3 is 0 Å². The molecule has 1 aromatic rings. The number of carbonyl (C=O) groups excluding carboxylic acids is 1. The predicted octanol–water partition coefficient (Wildman–Crippen LogP) is 3.83. The van der Waals surface area contributed by atoms with Crippen molar-refractivity contribution in [2.75, 3.05) is 6.54 Å². The van der Waals surface area contributed by atoms with Crippen molar-refractivity contribution in [3.63, 3.8) is 0 Å². The average molecular weight is 322 g/mol. The molecule has 1 saturated carbocycles. The lowest BCUT2D eigenvalue weighted by Gasteiger charge is -2.33. The van der Waals surface area contributed by atoms with Crippen LogP contribution in [0.25, 0.3) is 0 Å². The van der Waals surface area contributed by atoms with Crippen LogP contribution in [0.3, 0.4) is 0 Å². The van der Waals surface area contributed by atoms with Crippen LogP contribution in [-0.4, -0.2) is 34.3 Å². The Hall–Kier alpha value is -1.52. The van der Waals surface area contributed by atoms with Gasteiger partial charge in [0.2, 0.25) is 11.8 Å². The smallest absolute Gasteiger partial charge is 0.248 e. The highest BCUT2D eigenvalue weighted by atomic mass is 19.3. The zero-order chi connectivity index (χ0) is 16.3. The van der Waals surface area contributed by atoms with Gasteiger partial charge in [-0.1, -0.05) is 0 Å². The lowest BCUT2D eigenvalue weighted by atomic mass is 9.85. The van der Waals surface area contributed by atoms with Crippen molar-refractivity contribution >= 4 is 5.91 Å². The van der Waals surface area contributed by atoms with Crippen LogP contribution in [0, 0.1) is 5.92 Å². The molecule has 2 fully saturated rings. The Bertz CT molecular complexity index is 525. The molecule has 2 heterocycles. The number of pyridine rings is 1. The van der Waals surface area contributed by atoms with Crippen molar-refractivity contribution in [3.05, 3.63) is 30.1 Å². The fourth-order valence-electron chi connectivity index (χ4n) is 3.83. The van der Waals surface area contributed by atoms with Crippen LogP contribution in [0.1, 0.15) is 50.5 Å². The Morgan fingerprint density at radius 2 is 1.91 bits per heavy atom. The fourth-order valence-corrected chi connectivity index (χ4v) is 3.83. The topological polar surface area (TPSA) is 33.2 Å². The summed E-state index contributed by atoms with van der Waals surface area (Å²) in [5.74, 6) is -2.66. The lowest BCUT2D eigenvalue weighted by molar-refractivity contribution is -0.140. The molecule has 0 bridgehead atoms. The standard InChI is InChI=1S/C18H24F2N2O/c19-18(20)9-5-15(6-10-18)17(23)22-13-1-2-16(22)4-3-14-7-11-21-12-8-14/h7-8,11-12,15-16H,1-6,9-10,13H2/t16-/m0/s1. The second kappa shape index (κ2) is 6.93. The predicted molar refractivity (Wildman–Crippen MR) is 84.2 cm³/mol. The third-order valence-corrected chi connectivity index (χ3v) is 5.24. The first kappa shape index (κ1) is 16.3. The maximum atomic E-state index is 13.3. The summed E-state index contributed by atoms with van der Waals surface area (Å²) in [6, 6.07) is 4.27. The van der Waals surface area contributed by atoms with Crippen molar-refractivity contribution < 1.29 is 13.6 Å². The number of rotatable bonds is 4. The molecule has 0 unspecified atom stereocenters. The Kier molecular flexibility index (Phi) is 4.93. The number of alkyl halides is 2. The molecule has 1 atom stereocenters. The molecule has 2 aliphatic rings. The molecule has 23 heavy (non-hydrogen) atoms. The van der Waals surface area contributed by atoms with Crippen molar-refractivity contribution in [3.8, 4) is 0 Å². The number of nitrogens with zero attached hydrogens (tertiary/aromatic N) is 2. The maximum Gasteiger partial charge on any atom is 0.248 e. The van der Waals surface area contributed by atoms with E-state index in [-0.39, 0.29) is 30.7 Å². The van der Waals surface area contributed by atoms with Crippen LogP contribution in [0.2, 0.25) is 0 Å². The number of amides is 1. The molecule has 1 aliphatic heterocycles. The zero-order valence-corrected chi connectivity index (χ0v) is 13.4. The van der Waals surface area contributed by atoms with Crippen molar-refractivity contribution in [1.29, 1.82) is 0 Å². The molecule has 1 aliphatic carbocycles. The van der Waals surface area contributed by atoms with Gasteiger partial charge in [0, 0.05) is 43.7 Å². The van der Waals surface area contributed by atoms with Gasteiger partial charge in [0.1, 0.15) is 0 Å². The van der Waals surface area contributed by atoms with E-state index in [1.165, 1.54) is 5.56 Å². The summed E-state index contributed by atoms with van der Waals surface area (Å²) in [7, 11) is 0. The Morgan fingerprint density at radius 1 is 1.22 bits per heavy atom. The molecule has 1 saturated heterocycles. The van der Waals surface area contributed by atoms with E-state index < -0.39 is 5.92 Å². The highest BCUT2D eigenvalue weighted by Crippen LogP contribution is 2.38. The van der Waals surface area contributed by atoms with Gasteiger partial charge in [0.25, 0.3) is 0 Å². The molecule has 126 valence electrons. The second-order valence-corrected chi connectivity index (χ2v) is 6.85. The number of aromatic nitrogens is 1. The number of likely N-dealkylation sites (tertiary alicyclic amines) is 1. The summed E-state index contributed by atoms with van der Waals surface area (Å²) in [4.78, 5) is 18.7. The number of carbonyl (C=O) groups is 1. The molecule has 0 aromatic carbocycles. The third kappa shape index (κ3) is 4.06. The second-order valence-electron chi connectivity index (χ2n) is 6.85. The Labute approximate surface area is 136 Å². The minimum atomic E-state index is -2.57. The van der Waals surface area contributed by atoms with Crippen molar-refractivity contribution in [1.82, 2.24) is 9.88 Å². The van der Waals surface area contributed by atoms with E-state index in [9.17, 15) is 13.6 Å². The first-order valence-corrected chi connectivity index (χ1v) is 8.62. The number of halogens is 2. The Balaban J connectivity index is 1.55. The van der Waals surface area contributed by atoms with E-state index in [1.54, 1.807) is 12.4 Å². The normalized spacial score (nSPS) is 24.8. The molecule has 0 N–H and O–H groups in total. The number of aryl methyl sites for hydroxylation is 1. The molecule has 1 amide bonds. The highest BCUT2D eigenvalue weighted by molar-refractivity contribution is 5.79. The van der Waals surface area contributed by atoms with Gasteiger partial charge in [-0.3, -0.25) is 9.78 Å². The minimum absolute atomic E-state index is 0.109. The molecule has 3 nitrogen and oxygen atoms in total. The van der Waals surface area contributed by atoms with Gasteiger partial charge in [-0.15, -0.1) is 0 Å². The summed E-state index contributed by atoms with van der Waals surface area (Å²) in [5, 5.41) is 0. The molecular formula is C18H24F2N2O. The van der Waals surface area contributed by atoms with Crippen LogP contribution in [0.4, 0.5) is 8.78 Å². The summed E-state index contributed by atoms with van der Waals surface area (Å²) in [6.45, 7) is 0.784. The van der Waals surface area contributed by atoms with Crippen LogP contribution in [0.5, 0.6) is 0 Å². The van der Waals surface area contributed by atoms with Gasteiger partial charge in [0.15, 0.2) is 0 Å². The SMILES string of the molecule is O=C(C1CCC(F)(F)CC1)N1CCC[C@H]1CCc1ccncc1. The van der Waals surface area contributed by atoms with E-state index in [0.717, 1.165) is 32.2 Å². The van der Waals surface area contributed by atoms with Crippen molar-refractivity contribution in [2.24, 2.45) is 5.92 Å². The van der Waals surface area contributed by atoms with Crippen LogP contribution in [-0.2, 0) is 11.2 Å². The molecule has 0 radical (unpaired) electrons. The summed E-state index contributed by atoms with van der Waals surface area (Å²) in [6.07, 6.45) is 7.88. The molecule has 1 aromatic heterocycles. The molecule has 3 rings (SSSR count). The van der Waals surface area contributed by atoms with E-state index >= 15 is 0 Å². The van der Waals surface area contributed by atoms with Gasteiger partial charge < -0.3 is 4.90 Å². The fraction of sp³-hybridized carbons (Fsp3) is 0.667. The monoisotopic (exact) mass is 322 g/mol. The summed E-state index contributed by atoms with van der Waals surface area (Å²) in [5.41, 5.74) is 1.23. The molecule has 5 heteroatoms. The van der Waals surface area contributed by atoms with Crippen LogP contribution < -0.4 is 0 Å². The first-order valence-electron chi connectivity index (χ1n) is 8.62. The highest BCUT2D eigenvalue weighted by Gasteiger charge is 2.40. The lowest BCUT2D eigenvalue weighted by Crippen LogP contribution is -2.42. The number of hydrogen-bond donors (Lipinski definition) is 0. The van der Waals surface area contributed by atoms with Crippen molar-refractivity contribution in [2.45, 2.75) is 63.3 Å². The van der Waals surface area contributed by atoms with E-state index in [4.69, 9.17) is 0 Å². The minimum Gasteiger partial charge on any atom is -0.339 e. The molecule has 0 spiro atoms. The van der Waals surface area contributed by atoms with Crippen LogP contribution >= 0.6 is 0 Å². The third-order valence-electron chi connectivity index (χ3n) is 5.24. The van der Waals surface area contributed by atoms with E-state index in [2.05, 4.69) is 4.98 Å². The quantitative estimate of drug-likeness (QED) is 0.844. The van der Waals surface area contributed by atoms with Gasteiger partial charge in [-0.2, -0.15) is 0 Å². The van der Waals surface area contributed by atoms with Gasteiger partial charge in [-0.25, -0.2) is 8.78 Å². The summed E-state index contributed by atoms with van der Waals surface area (Å²) >= 11 is 0. The van der Waals surface area contributed by atoms with E-state index in [1.807, 2.05) is 17.0 Å². The largest absolute Gasteiger partial charge is 0.339 e. The Morgan fingerprint density at radius 3 is 2.61 bits per heavy atom. The first-order chi connectivity index (χ1) is 11.1. The zero-order valence-electron chi connectivity index (χ0n) is 13.4. The number of hydrogen-bond acceptors (Lipinski definition) is 2. The molecular weight excluding hydrogens is 298 g/mol. The average Bonchev–Trinajstić information content (AvgIpc) is 3.02. The van der Waals surface area contributed by atoms with Crippen LogP contribution in [0.15, 0.2) is 24.5 Å². The van der Waals surface area contributed by atoms with Gasteiger partial charge in [-0.05, 0) is 56.2 Å². The van der Waals surface area contributed by atoms with E-state index in [0.29, 0.717) is 12.8 Å². The van der Waals surface area contributed by atoms with Gasteiger partial charge in [0.05, 0.1) is 0 Å².